The minimum absolute atomic E-state index is 0.544. The number of hydrogen-bond acceptors (Lipinski definition) is 3. The lowest BCUT2D eigenvalue weighted by Crippen LogP contribution is -2.02. The first-order chi connectivity index (χ1) is 9.24. The van der Waals surface area contributed by atoms with Crippen LogP contribution in [-0.4, -0.2) is 19.9 Å². The molecule has 1 atom stereocenters. The van der Waals surface area contributed by atoms with Gasteiger partial charge in [0.05, 0.1) is 17.8 Å². The monoisotopic (exact) mass is 253 g/mol. The molecule has 0 saturated heterocycles. The first-order valence-electron chi connectivity index (χ1n) is 6.23. The van der Waals surface area contributed by atoms with Gasteiger partial charge in [0.2, 0.25) is 0 Å². The van der Waals surface area contributed by atoms with Crippen molar-refractivity contribution in [2.24, 2.45) is 7.05 Å². The number of aryl methyl sites for hydroxylation is 1. The summed E-state index contributed by atoms with van der Waals surface area (Å²) >= 11 is 0. The van der Waals surface area contributed by atoms with Gasteiger partial charge >= 0.3 is 0 Å². The maximum Gasteiger partial charge on any atom is 0.0838 e. The normalized spacial score (nSPS) is 12.7. The van der Waals surface area contributed by atoms with Gasteiger partial charge in [-0.3, -0.25) is 9.67 Å². The summed E-state index contributed by atoms with van der Waals surface area (Å²) in [6, 6.07) is 9.71. The van der Waals surface area contributed by atoms with E-state index in [2.05, 4.69) is 10.1 Å². The molecule has 1 aromatic carbocycles. The second-order valence-corrected chi connectivity index (χ2v) is 4.66. The quantitative estimate of drug-likeness (QED) is 0.779. The molecule has 4 heteroatoms. The molecule has 96 valence electrons. The zero-order valence-corrected chi connectivity index (χ0v) is 10.7. The molecule has 2 aromatic heterocycles. The maximum absolute atomic E-state index is 10.4. The zero-order chi connectivity index (χ0) is 13.2. The van der Waals surface area contributed by atoms with Crippen molar-refractivity contribution in [2.75, 3.05) is 0 Å². The van der Waals surface area contributed by atoms with Gasteiger partial charge in [-0.1, -0.05) is 18.2 Å². The van der Waals surface area contributed by atoms with Crippen LogP contribution in [-0.2, 0) is 13.5 Å². The number of aliphatic hydroxyl groups is 1. The molecule has 0 bridgehead atoms. The fourth-order valence-electron chi connectivity index (χ4n) is 2.33. The van der Waals surface area contributed by atoms with Gasteiger partial charge in [0.15, 0.2) is 0 Å². The largest absolute Gasteiger partial charge is 0.388 e. The zero-order valence-electron chi connectivity index (χ0n) is 10.7. The first-order valence-corrected chi connectivity index (χ1v) is 6.23. The number of aliphatic hydroxyl groups excluding tert-OH is 1. The Balaban J connectivity index is 1.95. The summed E-state index contributed by atoms with van der Waals surface area (Å²) in [5.41, 5.74) is 2.84. The Morgan fingerprint density at radius 2 is 2.16 bits per heavy atom. The van der Waals surface area contributed by atoms with Gasteiger partial charge in [0, 0.05) is 31.2 Å². The Hall–Kier alpha value is -2.20. The van der Waals surface area contributed by atoms with Gasteiger partial charge in [-0.2, -0.15) is 5.10 Å². The molecule has 0 fully saturated rings. The van der Waals surface area contributed by atoms with E-state index >= 15 is 0 Å². The second kappa shape index (κ2) is 4.82. The smallest absolute Gasteiger partial charge is 0.0838 e. The molecule has 0 aliphatic heterocycles. The van der Waals surface area contributed by atoms with Gasteiger partial charge in [-0.25, -0.2) is 0 Å². The molecular formula is C15H15N3O. The number of pyridine rings is 1. The van der Waals surface area contributed by atoms with Gasteiger partial charge in [-0.05, 0) is 23.3 Å². The van der Waals surface area contributed by atoms with Crippen molar-refractivity contribution in [3.8, 4) is 0 Å². The molecule has 0 aliphatic rings. The highest BCUT2D eigenvalue weighted by atomic mass is 16.3. The first kappa shape index (κ1) is 11.9. The van der Waals surface area contributed by atoms with Crippen LogP contribution < -0.4 is 0 Å². The molecule has 2 heterocycles. The number of hydrogen-bond donors (Lipinski definition) is 1. The Kier molecular flexibility index (Phi) is 3.01. The van der Waals surface area contributed by atoms with Crippen molar-refractivity contribution in [3.63, 3.8) is 0 Å². The highest BCUT2D eigenvalue weighted by Gasteiger charge is 2.12. The lowest BCUT2D eigenvalue weighted by molar-refractivity contribution is 0.180. The van der Waals surface area contributed by atoms with Crippen molar-refractivity contribution in [1.29, 1.82) is 0 Å². The summed E-state index contributed by atoms with van der Waals surface area (Å²) in [6.07, 6.45) is 5.48. The lowest BCUT2D eigenvalue weighted by Gasteiger charge is -2.12. The van der Waals surface area contributed by atoms with E-state index < -0.39 is 6.10 Å². The topological polar surface area (TPSA) is 50.9 Å². The molecule has 4 nitrogen and oxygen atoms in total. The number of nitrogens with zero attached hydrogens (tertiary/aromatic N) is 3. The van der Waals surface area contributed by atoms with E-state index in [0.29, 0.717) is 6.42 Å². The third-order valence-electron chi connectivity index (χ3n) is 3.23. The standard InChI is InChI=1S/C15H15N3O/c1-18-10-11(9-17-18)8-15(19)13-4-2-6-14-12(13)5-3-7-16-14/h2-7,9-10,15,19H,8H2,1H3. The van der Waals surface area contributed by atoms with Crippen LogP contribution >= 0.6 is 0 Å². The van der Waals surface area contributed by atoms with Crippen molar-refractivity contribution in [3.05, 3.63) is 60.0 Å². The SMILES string of the molecule is Cn1cc(CC(O)c2cccc3ncccc23)cn1. The highest BCUT2D eigenvalue weighted by molar-refractivity contribution is 5.82. The maximum atomic E-state index is 10.4. The number of rotatable bonds is 3. The van der Waals surface area contributed by atoms with Crippen molar-refractivity contribution in [2.45, 2.75) is 12.5 Å². The van der Waals surface area contributed by atoms with E-state index in [-0.39, 0.29) is 0 Å². The molecule has 0 spiro atoms. The molecule has 1 unspecified atom stereocenters. The molecule has 0 aliphatic carbocycles. The van der Waals surface area contributed by atoms with Gasteiger partial charge in [-0.15, -0.1) is 0 Å². The summed E-state index contributed by atoms with van der Waals surface area (Å²) in [4.78, 5) is 4.31. The summed E-state index contributed by atoms with van der Waals surface area (Å²) < 4.78 is 1.74. The molecule has 1 N–H and O–H groups in total. The summed E-state index contributed by atoms with van der Waals surface area (Å²) in [5, 5.41) is 15.5. The van der Waals surface area contributed by atoms with Crippen molar-refractivity contribution >= 4 is 10.9 Å². The van der Waals surface area contributed by atoms with Gasteiger partial charge in [0.25, 0.3) is 0 Å². The van der Waals surface area contributed by atoms with Crippen LogP contribution in [0.4, 0.5) is 0 Å². The summed E-state index contributed by atoms with van der Waals surface area (Å²) in [6.45, 7) is 0. The average molecular weight is 253 g/mol. The van der Waals surface area contributed by atoms with Crippen LogP contribution in [0.3, 0.4) is 0 Å². The summed E-state index contributed by atoms with van der Waals surface area (Å²) in [7, 11) is 1.87. The van der Waals surface area contributed by atoms with Crippen LogP contribution in [0.25, 0.3) is 10.9 Å². The molecule has 3 aromatic rings. The molecule has 0 radical (unpaired) electrons. The molecular weight excluding hydrogens is 238 g/mol. The van der Waals surface area contributed by atoms with E-state index in [1.54, 1.807) is 17.1 Å². The van der Waals surface area contributed by atoms with Crippen molar-refractivity contribution in [1.82, 2.24) is 14.8 Å². The van der Waals surface area contributed by atoms with Crippen LogP contribution in [0.1, 0.15) is 17.2 Å². The van der Waals surface area contributed by atoms with Crippen LogP contribution in [0.2, 0.25) is 0 Å². The third kappa shape index (κ3) is 2.35. The predicted octanol–water partition coefficient (Wildman–Crippen LogP) is 2.24. The van der Waals surface area contributed by atoms with E-state index in [1.165, 1.54) is 0 Å². The van der Waals surface area contributed by atoms with Crippen LogP contribution in [0, 0.1) is 0 Å². The predicted molar refractivity (Wildman–Crippen MR) is 73.6 cm³/mol. The van der Waals surface area contributed by atoms with E-state index in [0.717, 1.165) is 22.0 Å². The number of benzene rings is 1. The number of aromatic nitrogens is 3. The van der Waals surface area contributed by atoms with E-state index in [4.69, 9.17) is 0 Å². The minimum atomic E-state index is -0.544. The Labute approximate surface area is 111 Å². The van der Waals surface area contributed by atoms with Crippen LogP contribution in [0.15, 0.2) is 48.9 Å². The highest BCUT2D eigenvalue weighted by Crippen LogP contribution is 2.25. The van der Waals surface area contributed by atoms with Gasteiger partial charge < -0.3 is 5.11 Å². The Morgan fingerprint density at radius 1 is 1.26 bits per heavy atom. The van der Waals surface area contributed by atoms with Gasteiger partial charge in [0.1, 0.15) is 0 Å². The number of fused-ring (bicyclic) bond motifs is 1. The third-order valence-corrected chi connectivity index (χ3v) is 3.23. The Bertz CT molecular complexity index is 700. The van der Waals surface area contributed by atoms with Crippen LogP contribution in [0.5, 0.6) is 0 Å². The molecule has 3 rings (SSSR count). The Morgan fingerprint density at radius 3 is 2.95 bits per heavy atom. The fourth-order valence-corrected chi connectivity index (χ4v) is 2.33. The minimum Gasteiger partial charge on any atom is -0.388 e. The van der Waals surface area contributed by atoms with E-state index in [1.807, 2.05) is 43.6 Å². The summed E-state index contributed by atoms with van der Waals surface area (Å²) in [5.74, 6) is 0. The van der Waals surface area contributed by atoms with E-state index in [9.17, 15) is 5.11 Å². The molecule has 0 amide bonds. The fraction of sp³-hybridized carbons (Fsp3) is 0.200. The molecule has 0 saturated carbocycles. The van der Waals surface area contributed by atoms with Crippen molar-refractivity contribution < 1.29 is 5.11 Å². The molecule has 19 heavy (non-hydrogen) atoms. The second-order valence-electron chi connectivity index (χ2n) is 4.66. The lowest BCUT2D eigenvalue weighted by atomic mass is 9.99. The average Bonchev–Trinajstić information content (AvgIpc) is 2.83.